The zero-order valence-corrected chi connectivity index (χ0v) is 20.0. The van der Waals surface area contributed by atoms with Gasteiger partial charge in [-0.3, -0.25) is 10.1 Å². The molecule has 0 amide bonds. The number of benzene rings is 1. The molecule has 3 aromatic rings. The highest BCUT2D eigenvalue weighted by Crippen LogP contribution is 2.24. The first kappa shape index (κ1) is 24.7. The van der Waals surface area contributed by atoms with Gasteiger partial charge < -0.3 is 20.5 Å². The van der Waals surface area contributed by atoms with Crippen molar-refractivity contribution in [3.63, 3.8) is 0 Å². The van der Waals surface area contributed by atoms with Crippen LogP contribution in [0.1, 0.15) is 17.8 Å². The average molecular weight is 508 g/mol. The van der Waals surface area contributed by atoms with Gasteiger partial charge in [0.1, 0.15) is 17.8 Å². The smallest absolute Gasteiger partial charge is 0.287 e. The normalized spacial score (nSPS) is 10.6. The molecule has 0 aliphatic rings. The number of aryl methyl sites for hydroxylation is 1. The molecule has 0 radical (unpaired) electrons. The van der Waals surface area contributed by atoms with E-state index in [0.29, 0.717) is 40.6 Å². The molecular formula is C21H23Cl2N7O2S. The van der Waals surface area contributed by atoms with Crippen LogP contribution in [0, 0.1) is 10.1 Å². The molecule has 0 spiro atoms. The van der Waals surface area contributed by atoms with Crippen LogP contribution in [0.25, 0.3) is 0 Å². The summed E-state index contributed by atoms with van der Waals surface area (Å²) in [6.45, 7) is 2.32. The lowest BCUT2D eigenvalue weighted by atomic mass is 10.2. The molecule has 3 rings (SSSR count). The highest BCUT2D eigenvalue weighted by molar-refractivity contribution is 7.80. The van der Waals surface area contributed by atoms with Gasteiger partial charge in [0, 0.05) is 51.1 Å². The van der Waals surface area contributed by atoms with Crippen molar-refractivity contribution in [2.75, 3.05) is 24.5 Å². The fourth-order valence-corrected chi connectivity index (χ4v) is 3.59. The second-order valence-electron chi connectivity index (χ2n) is 7.12. The van der Waals surface area contributed by atoms with Gasteiger partial charge in [0.05, 0.1) is 15.0 Å². The number of aromatic amines is 1. The lowest BCUT2D eigenvalue weighted by Crippen LogP contribution is -2.40. The molecule has 0 aliphatic heterocycles. The second-order valence-corrected chi connectivity index (χ2v) is 8.35. The molecule has 33 heavy (non-hydrogen) atoms. The number of anilines is 1. The molecule has 1 aromatic carbocycles. The van der Waals surface area contributed by atoms with Gasteiger partial charge in [0.15, 0.2) is 5.11 Å². The largest absolute Gasteiger partial charge is 0.363 e. The number of nitrogens with zero attached hydrogens (tertiary/aromatic N) is 4. The number of H-pyrrole nitrogens is 1. The van der Waals surface area contributed by atoms with Crippen LogP contribution in [0.4, 0.5) is 11.5 Å². The third kappa shape index (κ3) is 7.85. The summed E-state index contributed by atoms with van der Waals surface area (Å²) >= 11 is 17.5. The summed E-state index contributed by atoms with van der Waals surface area (Å²) in [4.78, 5) is 24.0. The molecule has 2 aromatic heterocycles. The summed E-state index contributed by atoms with van der Waals surface area (Å²) in [5.41, 5.74) is 0.870. The van der Waals surface area contributed by atoms with E-state index >= 15 is 0 Å². The van der Waals surface area contributed by atoms with E-state index in [-0.39, 0.29) is 5.69 Å². The van der Waals surface area contributed by atoms with Crippen molar-refractivity contribution < 1.29 is 4.92 Å². The van der Waals surface area contributed by atoms with Gasteiger partial charge in [-0.25, -0.2) is 9.97 Å². The topological polar surface area (TPSA) is 112 Å². The lowest BCUT2D eigenvalue weighted by molar-refractivity contribution is -0.385. The van der Waals surface area contributed by atoms with Crippen LogP contribution >= 0.6 is 35.4 Å². The monoisotopic (exact) mass is 507 g/mol. The standard InChI is InChI=1S/C21H23Cl2N7O2S/c22-17-5-3-15(12-18(17)23)14-29(20-6-4-16(13-28-20)30(31)32)11-10-27-21(33)26-7-1-2-19-24-8-9-25-19/h3-6,8-9,12-13H,1-2,7,10-11,14H2,(H,24,25)(H2,26,27,33). The maximum Gasteiger partial charge on any atom is 0.287 e. The van der Waals surface area contributed by atoms with E-state index in [9.17, 15) is 10.1 Å². The van der Waals surface area contributed by atoms with Crippen LogP contribution in [0.2, 0.25) is 10.0 Å². The van der Waals surface area contributed by atoms with Gasteiger partial charge in [-0.05, 0) is 42.4 Å². The van der Waals surface area contributed by atoms with Crippen molar-refractivity contribution in [3.8, 4) is 0 Å². The minimum atomic E-state index is -0.475. The van der Waals surface area contributed by atoms with Crippen LogP contribution in [-0.4, -0.2) is 44.6 Å². The van der Waals surface area contributed by atoms with E-state index in [1.807, 2.05) is 11.0 Å². The first-order valence-corrected chi connectivity index (χ1v) is 11.4. The van der Waals surface area contributed by atoms with Gasteiger partial charge in [0.2, 0.25) is 0 Å². The van der Waals surface area contributed by atoms with Crippen LogP contribution in [0.3, 0.4) is 0 Å². The summed E-state index contributed by atoms with van der Waals surface area (Å²) in [6.07, 6.45) is 6.52. The highest BCUT2D eigenvalue weighted by atomic mass is 35.5. The Balaban J connectivity index is 1.54. The number of halogens is 2. The first-order valence-electron chi connectivity index (χ1n) is 10.2. The van der Waals surface area contributed by atoms with Crippen molar-refractivity contribution in [1.29, 1.82) is 0 Å². The minimum absolute atomic E-state index is 0.0636. The number of imidazole rings is 1. The zero-order chi connectivity index (χ0) is 23.6. The van der Waals surface area contributed by atoms with Gasteiger partial charge in [-0.15, -0.1) is 0 Å². The SMILES string of the molecule is O=[N+]([O-])c1ccc(N(CCNC(=S)NCCCc2ncc[nH]2)Cc2ccc(Cl)c(Cl)c2)nc1. The summed E-state index contributed by atoms with van der Waals surface area (Å²) in [7, 11) is 0. The maximum absolute atomic E-state index is 11.0. The molecule has 0 atom stereocenters. The first-order chi connectivity index (χ1) is 15.9. The molecule has 2 heterocycles. The Morgan fingerprint density at radius 3 is 2.64 bits per heavy atom. The molecule has 0 unspecified atom stereocenters. The fourth-order valence-electron chi connectivity index (χ4n) is 3.07. The lowest BCUT2D eigenvalue weighted by Gasteiger charge is -2.24. The Morgan fingerprint density at radius 1 is 1.15 bits per heavy atom. The highest BCUT2D eigenvalue weighted by Gasteiger charge is 2.13. The third-order valence-electron chi connectivity index (χ3n) is 4.72. The van der Waals surface area contributed by atoms with Crippen molar-refractivity contribution in [1.82, 2.24) is 25.6 Å². The molecule has 0 saturated heterocycles. The summed E-state index contributed by atoms with van der Waals surface area (Å²) < 4.78 is 0. The van der Waals surface area contributed by atoms with E-state index in [0.717, 1.165) is 30.8 Å². The maximum atomic E-state index is 11.0. The number of pyridine rings is 1. The Hall–Kier alpha value is -2.95. The van der Waals surface area contributed by atoms with Crippen LogP contribution in [0.5, 0.6) is 0 Å². The number of nitrogens with one attached hydrogen (secondary N) is 3. The number of aromatic nitrogens is 3. The number of hydrogen-bond donors (Lipinski definition) is 3. The molecule has 0 aliphatic carbocycles. The van der Waals surface area contributed by atoms with Gasteiger partial charge in [-0.1, -0.05) is 29.3 Å². The second kappa shape index (κ2) is 12.3. The molecule has 9 nitrogen and oxygen atoms in total. The average Bonchev–Trinajstić information content (AvgIpc) is 3.32. The number of rotatable bonds is 11. The van der Waals surface area contributed by atoms with E-state index in [4.69, 9.17) is 35.4 Å². The molecule has 174 valence electrons. The molecule has 0 saturated carbocycles. The van der Waals surface area contributed by atoms with Gasteiger partial charge in [-0.2, -0.15) is 0 Å². The van der Waals surface area contributed by atoms with E-state index < -0.39 is 4.92 Å². The molecular weight excluding hydrogens is 485 g/mol. The Kier molecular flexibility index (Phi) is 9.23. The van der Waals surface area contributed by atoms with Crippen molar-refractivity contribution in [2.45, 2.75) is 19.4 Å². The van der Waals surface area contributed by atoms with Crippen LogP contribution in [0.15, 0.2) is 48.9 Å². The summed E-state index contributed by atoms with van der Waals surface area (Å²) in [5.74, 6) is 1.55. The van der Waals surface area contributed by atoms with Crippen LogP contribution in [-0.2, 0) is 13.0 Å². The predicted octanol–water partition coefficient (Wildman–Crippen LogP) is 4.12. The zero-order valence-electron chi connectivity index (χ0n) is 17.6. The Bertz CT molecular complexity index is 1060. The number of thiocarbonyl (C=S) groups is 1. The molecule has 0 fully saturated rings. The predicted molar refractivity (Wildman–Crippen MR) is 134 cm³/mol. The van der Waals surface area contributed by atoms with Crippen molar-refractivity contribution in [2.24, 2.45) is 0 Å². The van der Waals surface area contributed by atoms with Gasteiger partial charge >= 0.3 is 0 Å². The van der Waals surface area contributed by atoms with E-state index in [1.165, 1.54) is 12.3 Å². The quantitative estimate of drug-likeness (QED) is 0.154. The molecule has 12 heteroatoms. The molecule has 0 bridgehead atoms. The summed E-state index contributed by atoms with van der Waals surface area (Å²) in [5, 5.41) is 18.8. The number of hydrogen-bond acceptors (Lipinski definition) is 6. The third-order valence-corrected chi connectivity index (χ3v) is 5.75. The van der Waals surface area contributed by atoms with Crippen molar-refractivity contribution >= 4 is 52.0 Å². The van der Waals surface area contributed by atoms with Crippen LogP contribution < -0.4 is 15.5 Å². The fraction of sp³-hybridized carbons (Fsp3) is 0.286. The van der Waals surface area contributed by atoms with Gasteiger partial charge in [0.25, 0.3) is 5.69 Å². The Morgan fingerprint density at radius 2 is 1.97 bits per heavy atom. The molecule has 3 N–H and O–H groups in total. The van der Waals surface area contributed by atoms with Crippen molar-refractivity contribution in [3.05, 3.63) is 80.5 Å². The minimum Gasteiger partial charge on any atom is -0.363 e. The Labute approximate surface area is 206 Å². The van der Waals surface area contributed by atoms with E-state index in [1.54, 1.807) is 30.6 Å². The summed E-state index contributed by atoms with van der Waals surface area (Å²) in [6, 6.07) is 8.47. The number of nitro groups is 1. The van der Waals surface area contributed by atoms with E-state index in [2.05, 4.69) is 25.6 Å².